The fourth-order valence-corrected chi connectivity index (χ4v) is 3.16. The van der Waals surface area contributed by atoms with Gasteiger partial charge in [0.2, 0.25) is 5.91 Å². The van der Waals surface area contributed by atoms with Crippen LogP contribution in [0.2, 0.25) is 0 Å². The van der Waals surface area contributed by atoms with E-state index in [4.69, 9.17) is 4.74 Å². The van der Waals surface area contributed by atoms with Crippen LogP contribution in [-0.4, -0.2) is 34.5 Å². The van der Waals surface area contributed by atoms with Crippen molar-refractivity contribution in [2.45, 2.75) is 25.1 Å². The van der Waals surface area contributed by atoms with Crippen LogP contribution in [0.4, 0.5) is 5.69 Å². The third kappa shape index (κ3) is 2.44. The molecule has 1 fully saturated rings. The monoisotopic (exact) mass is 295 g/mol. The van der Waals surface area contributed by atoms with Gasteiger partial charge in [-0.15, -0.1) is 0 Å². The second kappa shape index (κ2) is 5.42. The number of rotatable bonds is 2. The summed E-state index contributed by atoms with van der Waals surface area (Å²) in [4.78, 5) is 19.1. The summed E-state index contributed by atoms with van der Waals surface area (Å²) >= 11 is 0. The fourth-order valence-electron chi connectivity index (χ4n) is 3.16. The molecule has 1 saturated heterocycles. The summed E-state index contributed by atoms with van der Waals surface area (Å²) in [7, 11) is 0. The molecule has 5 nitrogen and oxygen atoms in total. The summed E-state index contributed by atoms with van der Waals surface area (Å²) in [6.07, 6.45) is 2.54. The minimum Gasteiger partial charge on any atom is -0.487 e. The van der Waals surface area contributed by atoms with Crippen molar-refractivity contribution in [3.63, 3.8) is 0 Å². The molecule has 22 heavy (non-hydrogen) atoms. The summed E-state index contributed by atoms with van der Waals surface area (Å²) < 4.78 is 6.07. The quantitative estimate of drug-likeness (QED) is 0.921. The molecule has 1 aromatic heterocycles. The second-order valence-corrected chi connectivity index (χ2v) is 5.73. The Morgan fingerprint density at radius 2 is 2.09 bits per heavy atom. The predicted molar refractivity (Wildman–Crippen MR) is 82.5 cm³/mol. The van der Waals surface area contributed by atoms with Crippen LogP contribution >= 0.6 is 0 Å². The van der Waals surface area contributed by atoms with Gasteiger partial charge in [-0.05, 0) is 24.3 Å². The van der Waals surface area contributed by atoms with Gasteiger partial charge in [-0.3, -0.25) is 14.7 Å². The second-order valence-electron chi connectivity index (χ2n) is 5.73. The van der Waals surface area contributed by atoms with Crippen LogP contribution in [0, 0.1) is 0 Å². The van der Waals surface area contributed by atoms with E-state index in [0.717, 1.165) is 23.7 Å². The first-order chi connectivity index (χ1) is 10.8. The SMILES string of the molecule is O=C1Nc2ccccc2OC2CC1N(Cc1ccccn1)C2. The molecule has 3 heterocycles. The van der Waals surface area contributed by atoms with Gasteiger partial charge in [-0.2, -0.15) is 0 Å². The van der Waals surface area contributed by atoms with Crippen molar-refractivity contribution in [2.75, 3.05) is 11.9 Å². The predicted octanol–water partition coefficient (Wildman–Crippen LogP) is 2.06. The van der Waals surface area contributed by atoms with Crippen molar-refractivity contribution in [2.24, 2.45) is 0 Å². The lowest BCUT2D eigenvalue weighted by molar-refractivity contribution is -0.120. The molecule has 2 atom stereocenters. The van der Waals surface area contributed by atoms with Crippen LogP contribution in [0.25, 0.3) is 0 Å². The topological polar surface area (TPSA) is 54.5 Å². The molecular formula is C17H17N3O2. The maximum absolute atomic E-state index is 12.6. The van der Waals surface area contributed by atoms with E-state index in [1.54, 1.807) is 6.20 Å². The summed E-state index contributed by atoms with van der Waals surface area (Å²) in [5.74, 6) is 0.785. The number of fused-ring (bicyclic) bond motifs is 3. The van der Waals surface area contributed by atoms with Gasteiger partial charge in [-0.1, -0.05) is 18.2 Å². The van der Waals surface area contributed by atoms with E-state index in [1.807, 2.05) is 42.5 Å². The zero-order valence-electron chi connectivity index (χ0n) is 12.1. The van der Waals surface area contributed by atoms with Crippen molar-refractivity contribution < 1.29 is 9.53 Å². The normalized spacial score (nSPS) is 23.9. The van der Waals surface area contributed by atoms with Crippen molar-refractivity contribution in [1.82, 2.24) is 9.88 Å². The molecule has 2 aliphatic heterocycles. The van der Waals surface area contributed by atoms with E-state index >= 15 is 0 Å². The Labute approximate surface area is 128 Å². The standard InChI is InChI=1S/C17H17N3O2/c21-17-15-9-13(22-16-7-2-1-6-14(16)19-17)11-20(15)10-12-5-3-4-8-18-12/h1-8,13,15H,9-11H2,(H,19,21). The number of carbonyl (C=O) groups is 1. The number of pyridine rings is 1. The Kier molecular flexibility index (Phi) is 3.27. The number of carbonyl (C=O) groups excluding carboxylic acids is 1. The van der Waals surface area contributed by atoms with Gasteiger partial charge in [0, 0.05) is 25.7 Å². The summed E-state index contributed by atoms with van der Waals surface area (Å²) in [5, 5.41) is 2.98. The van der Waals surface area contributed by atoms with Crippen molar-refractivity contribution >= 4 is 11.6 Å². The Morgan fingerprint density at radius 3 is 2.95 bits per heavy atom. The molecule has 112 valence electrons. The highest BCUT2D eigenvalue weighted by Crippen LogP contribution is 2.32. The number of hydrogen-bond donors (Lipinski definition) is 1. The van der Waals surface area contributed by atoms with E-state index in [0.29, 0.717) is 13.0 Å². The van der Waals surface area contributed by atoms with E-state index < -0.39 is 0 Å². The highest BCUT2D eigenvalue weighted by molar-refractivity contribution is 5.96. The first kappa shape index (κ1) is 13.3. The number of likely N-dealkylation sites (tertiary alicyclic amines) is 1. The van der Waals surface area contributed by atoms with Gasteiger partial charge < -0.3 is 10.1 Å². The number of anilines is 1. The molecule has 1 amide bonds. The highest BCUT2D eigenvalue weighted by atomic mass is 16.5. The maximum atomic E-state index is 12.6. The lowest BCUT2D eigenvalue weighted by Crippen LogP contribution is -2.39. The van der Waals surface area contributed by atoms with Crippen molar-refractivity contribution in [3.8, 4) is 5.75 Å². The molecule has 2 bridgehead atoms. The van der Waals surface area contributed by atoms with Gasteiger partial charge in [-0.25, -0.2) is 0 Å². The number of benzene rings is 1. The summed E-state index contributed by atoms with van der Waals surface area (Å²) in [6, 6.07) is 13.3. The number of aromatic nitrogens is 1. The molecule has 0 saturated carbocycles. The van der Waals surface area contributed by atoms with E-state index in [-0.39, 0.29) is 18.1 Å². The number of ether oxygens (including phenoxy) is 1. The number of amides is 1. The molecule has 5 heteroatoms. The molecule has 2 aromatic rings. The van der Waals surface area contributed by atoms with Gasteiger partial charge in [0.15, 0.2) is 0 Å². The Morgan fingerprint density at radius 1 is 1.23 bits per heavy atom. The first-order valence-electron chi connectivity index (χ1n) is 7.50. The van der Waals surface area contributed by atoms with Gasteiger partial charge in [0.1, 0.15) is 11.9 Å². The smallest absolute Gasteiger partial charge is 0.241 e. The largest absolute Gasteiger partial charge is 0.487 e. The van der Waals surface area contributed by atoms with Gasteiger partial charge >= 0.3 is 0 Å². The molecule has 2 aliphatic rings. The minimum absolute atomic E-state index is 0.0363. The van der Waals surface area contributed by atoms with Gasteiger partial charge in [0.05, 0.1) is 17.4 Å². The zero-order valence-corrected chi connectivity index (χ0v) is 12.1. The molecule has 0 radical (unpaired) electrons. The molecule has 2 unspecified atom stereocenters. The van der Waals surface area contributed by atoms with Crippen LogP contribution in [-0.2, 0) is 11.3 Å². The average molecular weight is 295 g/mol. The molecule has 0 aliphatic carbocycles. The van der Waals surface area contributed by atoms with Gasteiger partial charge in [0.25, 0.3) is 0 Å². The number of para-hydroxylation sites is 2. The molecular weight excluding hydrogens is 278 g/mol. The third-order valence-electron chi connectivity index (χ3n) is 4.20. The lowest BCUT2D eigenvalue weighted by Gasteiger charge is -2.23. The van der Waals surface area contributed by atoms with Crippen LogP contribution in [0.15, 0.2) is 48.7 Å². The Hall–Kier alpha value is -2.40. The van der Waals surface area contributed by atoms with E-state index in [1.165, 1.54) is 0 Å². The molecule has 1 N–H and O–H groups in total. The fraction of sp³-hybridized carbons (Fsp3) is 0.294. The first-order valence-corrected chi connectivity index (χ1v) is 7.50. The number of nitrogens with zero attached hydrogens (tertiary/aromatic N) is 2. The van der Waals surface area contributed by atoms with Crippen LogP contribution in [0.3, 0.4) is 0 Å². The van der Waals surface area contributed by atoms with Crippen LogP contribution in [0.5, 0.6) is 5.75 Å². The summed E-state index contributed by atoms with van der Waals surface area (Å²) in [6.45, 7) is 1.40. The Balaban J connectivity index is 1.59. The van der Waals surface area contributed by atoms with Crippen molar-refractivity contribution in [3.05, 3.63) is 54.4 Å². The van der Waals surface area contributed by atoms with E-state index in [9.17, 15) is 4.79 Å². The van der Waals surface area contributed by atoms with E-state index in [2.05, 4.69) is 15.2 Å². The Bertz CT molecular complexity index is 689. The highest BCUT2D eigenvalue weighted by Gasteiger charge is 2.40. The van der Waals surface area contributed by atoms with Crippen molar-refractivity contribution in [1.29, 1.82) is 0 Å². The maximum Gasteiger partial charge on any atom is 0.241 e. The molecule has 4 rings (SSSR count). The van der Waals surface area contributed by atoms with Crippen LogP contribution in [0.1, 0.15) is 12.1 Å². The number of hydrogen-bond acceptors (Lipinski definition) is 4. The molecule has 0 spiro atoms. The lowest BCUT2D eigenvalue weighted by atomic mass is 10.1. The third-order valence-corrected chi connectivity index (χ3v) is 4.20. The summed E-state index contributed by atoms with van der Waals surface area (Å²) in [5.41, 5.74) is 1.72. The van der Waals surface area contributed by atoms with Crippen LogP contribution < -0.4 is 10.1 Å². The number of nitrogens with one attached hydrogen (secondary N) is 1. The zero-order chi connectivity index (χ0) is 14.9. The minimum atomic E-state index is -0.166. The average Bonchev–Trinajstić information content (AvgIpc) is 2.93. The molecule has 1 aromatic carbocycles.